The van der Waals surface area contributed by atoms with Gasteiger partial charge in [0.1, 0.15) is 5.82 Å². The van der Waals surface area contributed by atoms with Crippen molar-refractivity contribution in [3.05, 3.63) is 18.1 Å². The van der Waals surface area contributed by atoms with Crippen LogP contribution in [0.3, 0.4) is 0 Å². The van der Waals surface area contributed by atoms with E-state index < -0.39 is 0 Å². The molecule has 1 saturated heterocycles. The van der Waals surface area contributed by atoms with Gasteiger partial charge in [-0.15, -0.1) is 0 Å². The van der Waals surface area contributed by atoms with Crippen molar-refractivity contribution in [1.82, 2.24) is 9.97 Å². The Bertz CT molecular complexity index is 361. The highest BCUT2D eigenvalue weighted by molar-refractivity contribution is 5.35. The number of aromatic nitrogens is 2. The molecule has 1 aromatic rings. The Morgan fingerprint density at radius 3 is 2.71 bits per heavy atom. The molecule has 1 aromatic heterocycles. The van der Waals surface area contributed by atoms with Gasteiger partial charge in [0.25, 0.3) is 0 Å². The van der Waals surface area contributed by atoms with Gasteiger partial charge in [0, 0.05) is 13.1 Å². The molecular weight excluding hydrogens is 214 g/mol. The van der Waals surface area contributed by atoms with Crippen LogP contribution in [-0.2, 0) is 6.61 Å². The summed E-state index contributed by atoms with van der Waals surface area (Å²) in [5.41, 5.74) is 1.07. The van der Waals surface area contributed by atoms with Gasteiger partial charge in [-0.05, 0) is 24.7 Å². The number of anilines is 1. The largest absolute Gasteiger partial charge is 0.390 e. The predicted octanol–water partition coefficient (Wildman–Crippen LogP) is 1.99. The number of nitrogens with zero attached hydrogens (tertiary/aromatic N) is 3. The molecule has 2 heterocycles. The van der Waals surface area contributed by atoms with Crippen LogP contribution in [0.4, 0.5) is 5.82 Å². The Kier molecular flexibility index (Phi) is 3.62. The van der Waals surface area contributed by atoms with Crippen LogP contribution in [0.1, 0.15) is 38.8 Å². The maximum Gasteiger partial charge on any atom is 0.147 e. The van der Waals surface area contributed by atoms with Crippen molar-refractivity contribution < 1.29 is 5.11 Å². The lowest BCUT2D eigenvalue weighted by Gasteiger charge is -2.23. The van der Waals surface area contributed by atoms with Gasteiger partial charge in [-0.3, -0.25) is 4.98 Å². The van der Waals surface area contributed by atoms with Crippen LogP contribution < -0.4 is 4.90 Å². The SMILES string of the molecule is CC1(C)CCCN(c2cnc(CO)cn2)CC1. The first-order chi connectivity index (χ1) is 8.11. The Labute approximate surface area is 103 Å². The Morgan fingerprint density at radius 2 is 2.06 bits per heavy atom. The summed E-state index contributed by atoms with van der Waals surface area (Å²) >= 11 is 0. The highest BCUT2D eigenvalue weighted by Crippen LogP contribution is 2.30. The molecule has 1 aliphatic heterocycles. The third-order valence-electron chi connectivity index (χ3n) is 3.52. The molecule has 17 heavy (non-hydrogen) atoms. The molecule has 0 aromatic carbocycles. The summed E-state index contributed by atoms with van der Waals surface area (Å²) in [4.78, 5) is 10.8. The molecule has 4 nitrogen and oxygen atoms in total. The van der Waals surface area contributed by atoms with Crippen LogP contribution in [0, 0.1) is 5.41 Å². The maximum atomic E-state index is 8.94. The maximum absolute atomic E-state index is 8.94. The molecular formula is C13H21N3O. The number of aliphatic hydroxyl groups excluding tert-OH is 1. The van der Waals surface area contributed by atoms with E-state index in [2.05, 4.69) is 28.7 Å². The minimum Gasteiger partial charge on any atom is -0.390 e. The summed E-state index contributed by atoms with van der Waals surface area (Å²) in [5.74, 6) is 0.930. The van der Waals surface area contributed by atoms with E-state index >= 15 is 0 Å². The number of hydrogen-bond donors (Lipinski definition) is 1. The summed E-state index contributed by atoms with van der Waals surface area (Å²) < 4.78 is 0. The van der Waals surface area contributed by atoms with Crippen molar-refractivity contribution in [2.24, 2.45) is 5.41 Å². The molecule has 0 unspecified atom stereocenters. The summed E-state index contributed by atoms with van der Waals surface area (Å²) in [7, 11) is 0. The second kappa shape index (κ2) is 5.00. The smallest absolute Gasteiger partial charge is 0.147 e. The first kappa shape index (κ1) is 12.3. The zero-order valence-electron chi connectivity index (χ0n) is 10.7. The van der Waals surface area contributed by atoms with Crippen molar-refractivity contribution in [1.29, 1.82) is 0 Å². The van der Waals surface area contributed by atoms with E-state index in [1.54, 1.807) is 12.4 Å². The number of hydrogen-bond acceptors (Lipinski definition) is 4. The fourth-order valence-corrected chi connectivity index (χ4v) is 2.24. The fraction of sp³-hybridized carbons (Fsp3) is 0.692. The number of rotatable bonds is 2. The molecule has 0 radical (unpaired) electrons. The van der Waals surface area contributed by atoms with E-state index in [-0.39, 0.29) is 6.61 Å². The van der Waals surface area contributed by atoms with Gasteiger partial charge in [0.15, 0.2) is 0 Å². The lowest BCUT2D eigenvalue weighted by molar-refractivity contribution is 0.276. The average molecular weight is 235 g/mol. The minimum absolute atomic E-state index is 0.0414. The molecule has 0 saturated carbocycles. The Balaban J connectivity index is 2.06. The first-order valence-electron chi connectivity index (χ1n) is 6.27. The molecule has 1 N–H and O–H groups in total. The number of aliphatic hydroxyl groups is 1. The van der Waals surface area contributed by atoms with Gasteiger partial charge in [-0.25, -0.2) is 4.98 Å². The van der Waals surface area contributed by atoms with E-state index in [0.29, 0.717) is 11.1 Å². The monoisotopic (exact) mass is 235 g/mol. The molecule has 0 aliphatic carbocycles. The molecule has 94 valence electrons. The van der Waals surface area contributed by atoms with Gasteiger partial charge >= 0.3 is 0 Å². The first-order valence-corrected chi connectivity index (χ1v) is 6.27. The quantitative estimate of drug-likeness (QED) is 0.851. The molecule has 4 heteroatoms. The van der Waals surface area contributed by atoms with Crippen LogP contribution in [-0.4, -0.2) is 28.2 Å². The van der Waals surface area contributed by atoms with Gasteiger partial charge in [-0.2, -0.15) is 0 Å². The molecule has 0 amide bonds. The zero-order valence-corrected chi connectivity index (χ0v) is 10.7. The lowest BCUT2D eigenvalue weighted by Crippen LogP contribution is -2.26. The Morgan fingerprint density at radius 1 is 1.24 bits per heavy atom. The van der Waals surface area contributed by atoms with E-state index in [1.807, 2.05) is 0 Å². The second-order valence-corrected chi connectivity index (χ2v) is 5.53. The van der Waals surface area contributed by atoms with Crippen molar-refractivity contribution >= 4 is 5.82 Å². The second-order valence-electron chi connectivity index (χ2n) is 5.53. The molecule has 1 aliphatic rings. The summed E-state index contributed by atoms with van der Waals surface area (Å²) in [6.45, 7) is 6.71. The molecule has 2 rings (SSSR count). The van der Waals surface area contributed by atoms with Crippen LogP contribution >= 0.6 is 0 Å². The van der Waals surface area contributed by atoms with Crippen LogP contribution in [0.2, 0.25) is 0 Å². The van der Waals surface area contributed by atoms with Crippen molar-refractivity contribution in [3.8, 4) is 0 Å². The molecule has 1 fully saturated rings. The average Bonchev–Trinajstić information content (AvgIpc) is 2.50. The normalized spacial score (nSPS) is 20.1. The highest BCUT2D eigenvalue weighted by Gasteiger charge is 2.23. The summed E-state index contributed by atoms with van der Waals surface area (Å²) in [6, 6.07) is 0. The molecule has 0 bridgehead atoms. The van der Waals surface area contributed by atoms with E-state index in [4.69, 9.17) is 5.11 Å². The topological polar surface area (TPSA) is 49.2 Å². The third kappa shape index (κ3) is 3.16. The fourth-order valence-electron chi connectivity index (χ4n) is 2.24. The van der Waals surface area contributed by atoms with E-state index in [9.17, 15) is 0 Å². The predicted molar refractivity (Wildman–Crippen MR) is 67.8 cm³/mol. The summed E-state index contributed by atoms with van der Waals surface area (Å²) in [5, 5.41) is 8.94. The van der Waals surface area contributed by atoms with E-state index in [1.165, 1.54) is 19.3 Å². The third-order valence-corrected chi connectivity index (χ3v) is 3.52. The molecule has 0 atom stereocenters. The van der Waals surface area contributed by atoms with Gasteiger partial charge < -0.3 is 10.0 Å². The lowest BCUT2D eigenvalue weighted by atomic mass is 9.85. The van der Waals surface area contributed by atoms with Crippen LogP contribution in [0.25, 0.3) is 0 Å². The Hall–Kier alpha value is -1.16. The van der Waals surface area contributed by atoms with Gasteiger partial charge in [0.05, 0.1) is 24.7 Å². The van der Waals surface area contributed by atoms with Gasteiger partial charge in [0.2, 0.25) is 0 Å². The van der Waals surface area contributed by atoms with Gasteiger partial charge in [-0.1, -0.05) is 13.8 Å². The van der Waals surface area contributed by atoms with Crippen LogP contribution in [0.15, 0.2) is 12.4 Å². The van der Waals surface area contributed by atoms with Crippen molar-refractivity contribution in [2.45, 2.75) is 39.7 Å². The standard InChI is InChI=1S/C13H21N3O/c1-13(2)4-3-6-16(7-5-13)12-9-14-11(10-17)8-15-12/h8-9,17H,3-7,10H2,1-2H3. The minimum atomic E-state index is -0.0414. The van der Waals surface area contributed by atoms with Crippen LogP contribution in [0.5, 0.6) is 0 Å². The molecule has 0 spiro atoms. The highest BCUT2D eigenvalue weighted by atomic mass is 16.3. The van der Waals surface area contributed by atoms with E-state index in [0.717, 1.165) is 18.9 Å². The zero-order chi connectivity index (χ0) is 12.3. The van der Waals surface area contributed by atoms with Crippen molar-refractivity contribution in [3.63, 3.8) is 0 Å². The van der Waals surface area contributed by atoms with Crippen molar-refractivity contribution in [2.75, 3.05) is 18.0 Å². The summed E-state index contributed by atoms with van der Waals surface area (Å²) in [6.07, 6.45) is 7.09.